The number of hydrogen-bond acceptors (Lipinski definition) is 1. The molecular weight excluding hydrogens is 292 g/mol. The fourth-order valence-electron chi connectivity index (χ4n) is 3.22. The zero-order valence-corrected chi connectivity index (χ0v) is 14.2. The summed E-state index contributed by atoms with van der Waals surface area (Å²) in [5.41, 5.74) is 5.55. The van der Waals surface area contributed by atoms with Gasteiger partial charge in [0.2, 0.25) is 0 Å². The average Bonchev–Trinajstić information content (AvgIpc) is 2.52. The van der Waals surface area contributed by atoms with E-state index in [-0.39, 0.29) is 0 Å². The minimum absolute atomic E-state index is 0.808. The van der Waals surface area contributed by atoms with E-state index in [0.717, 1.165) is 24.7 Å². The molecule has 0 aromatic heterocycles. The number of aryl methyl sites for hydroxylation is 2. The Morgan fingerprint density at radius 1 is 1.00 bits per heavy atom. The van der Waals surface area contributed by atoms with Gasteiger partial charge in [-0.25, -0.2) is 0 Å². The number of piperazine rings is 1. The first kappa shape index (κ1) is 15.4. The summed E-state index contributed by atoms with van der Waals surface area (Å²) in [6.45, 7) is 10.1. The Balaban J connectivity index is 1.58. The Morgan fingerprint density at radius 3 is 2.32 bits per heavy atom. The summed E-state index contributed by atoms with van der Waals surface area (Å²) >= 11 is 5.97. The van der Waals surface area contributed by atoms with Crippen molar-refractivity contribution in [3.8, 4) is 0 Å². The van der Waals surface area contributed by atoms with Gasteiger partial charge >= 0.3 is 0 Å². The first-order chi connectivity index (χ1) is 10.6. The molecule has 1 saturated heterocycles. The lowest BCUT2D eigenvalue weighted by Crippen LogP contribution is -3.13. The maximum Gasteiger partial charge on any atom is 0.103 e. The molecule has 2 aromatic carbocycles. The first-order valence-electron chi connectivity index (χ1n) is 8.02. The van der Waals surface area contributed by atoms with Crippen molar-refractivity contribution in [1.82, 2.24) is 0 Å². The molecule has 1 aliphatic rings. The second-order valence-electron chi connectivity index (χ2n) is 6.32. The van der Waals surface area contributed by atoms with Crippen LogP contribution in [-0.4, -0.2) is 26.2 Å². The molecule has 1 aliphatic heterocycles. The molecule has 0 atom stereocenters. The molecular formula is C19H24ClN2+. The number of rotatable bonds is 3. The van der Waals surface area contributed by atoms with E-state index in [1.54, 1.807) is 4.90 Å². The van der Waals surface area contributed by atoms with Crippen molar-refractivity contribution in [2.45, 2.75) is 20.4 Å². The predicted molar refractivity (Wildman–Crippen MR) is 94.0 cm³/mol. The van der Waals surface area contributed by atoms with E-state index >= 15 is 0 Å². The smallest absolute Gasteiger partial charge is 0.103 e. The summed E-state index contributed by atoms with van der Waals surface area (Å²) in [5.74, 6) is 0. The molecule has 0 radical (unpaired) electrons. The van der Waals surface area contributed by atoms with Gasteiger partial charge in [-0.3, -0.25) is 0 Å². The van der Waals surface area contributed by atoms with Gasteiger partial charge < -0.3 is 9.80 Å². The molecule has 2 nitrogen and oxygen atoms in total. The van der Waals surface area contributed by atoms with Crippen molar-refractivity contribution in [3.05, 3.63) is 64.2 Å². The summed E-state index contributed by atoms with van der Waals surface area (Å²) in [6.07, 6.45) is 0. The third kappa shape index (κ3) is 3.63. The molecule has 0 bridgehead atoms. The second-order valence-corrected chi connectivity index (χ2v) is 6.76. The van der Waals surface area contributed by atoms with Gasteiger partial charge in [0.1, 0.15) is 6.54 Å². The molecule has 0 aliphatic carbocycles. The highest BCUT2D eigenvalue weighted by molar-refractivity contribution is 6.30. The molecule has 22 heavy (non-hydrogen) atoms. The SMILES string of the molecule is Cc1ccc(C[NH+]2CCN(c3ccc(Cl)cc3)CC2)c(C)c1. The van der Waals surface area contributed by atoms with E-state index in [1.165, 1.54) is 35.5 Å². The van der Waals surface area contributed by atoms with Gasteiger partial charge in [0.15, 0.2) is 0 Å². The molecule has 0 unspecified atom stereocenters. The zero-order valence-electron chi connectivity index (χ0n) is 13.4. The first-order valence-corrected chi connectivity index (χ1v) is 8.40. The predicted octanol–water partition coefficient (Wildman–Crippen LogP) is 2.86. The van der Waals surface area contributed by atoms with Crippen molar-refractivity contribution < 1.29 is 4.90 Å². The van der Waals surface area contributed by atoms with Crippen molar-refractivity contribution in [2.75, 3.05) is 31.1 Å². The van der Waals surface area contributed by atoms with Crippen LogP contribution in [0.4, 0.5) is 5.69 Å². The van der Waals surface area contributed by atoms with Crippen LogP contribution in [0.3, 0.4) is 0 Å². The topological polar surface area (TPSA) is 7.68 Å². The average molecular weight is 316 g/mol. The van der Waals surface area contributed by atoms with E-state index < -0.39 is 0 Å². The van der Waals surface area contributed by atoms with Crippen molar-refractivity contribution >= 4 is 17.3 Å². The third-order valence-corrected chi connectivity index (χ3v) is 4.85. The molecule has 3 rings (SSSR count). The highest BCUT2D eigenvalue weighted by Gasteiger charge is 2.20. The van der Waals surface area contributed by atoms with Crippen LogP contribution in [-0.2, 0) is 6.54 Å². The fourth-order valence-corrected chi connectivity index (χ4v) is 3.35. The summed E-state index contributed by atoms with van der Waals surface area (Å²) in [4.78, 5) is 4.14. The molecule has 116 valence electrons. The van der Waals surface area contributed by atoms with Gasteiger partial charge in [0, 0.05) is 16.3 Å². The van der Waals surface area contributed by atoms with Crippen molar-refractivity contribution in [1.29, 1.82) is 0 Å². The van der Waals surface area contributed by atoms with Crippen LogP contribution in [0.5, 0.6) is 0 Å². The maximum atomic E-state index is 5.97. The number of quaternary nitrogens is 1. The van der Waals surface area contributed by atoms with Gasteiger partial charge in [-0.2, -0.15) is 0 Å². The van der Waals surface area contributed by atoms with Crippen LogP contribution in [0, 0.1) is 13.8 Å². The molecule has 1 heterocycles. The molecule has 0 amide bonds. The Bertz CT molecular complexity index is 628. The minimum atomic E-state index is 0.808. The fraction of sp³-hybridized carbons (Fsp3) is 0.368. The Morgan fingerprint density at radius 2 is 1.68 bits per heavy atom. The van der Waals surface area contributed by atoms with Gasteiger partial charge in [0.05, 0.1) is 26.2 Å². The number of nitrogens with one attached hydrogen (secondary N) is 1. The Hall–Kier alpha value is -1.51. The van der Waals surface area contributed by atoms with Crippen LogP contribution in [0.1, 0.15) is 16.7 Å². The van der Waals surface area contributed by atoms with Gasteiger partial charge in [-0.1, -0.05) is 35.4 Å². The summed E-state index contributed by atoms with van der Waals surface area (Å²) in [5, 5.41) is 0.808. The third-order valence-electron chi connectivity index (χ3n) is 4.60. The highest BCUT2D eigenvalue weighted by atomic mass is 35.5. The van der Waals surface area contributed by atoms with Crippen molar-refractivity contribution in [2.24, 2.45) is 0 Å². The number of hydrogen-bond donors (Lipinski definition) is 1. The normalized spacial score (nSPS) is 16.0. The van der Waals surface area contributed by atoms with Gasteiger partial charge in [-0.05, 0) is 43.7 Å². The van der Waals surface area contributed by atoms with Gasteiger partial charge in [0.25, 0.3) is 0 Å². The van der Waals surface area contributed by atoms with Crippen LogP contribution in [0.2, 0.25) is 5.02 Å². The van der Waals surface area contributed by atoms with E-state index in [2.05, 4.69) is 49.1 Å². The van der Waals surface area contributed by atoms with Crippen molar-refractivity contribution in [3.63, 3.8) is 0 Å². The molecule has 3 heteroatoms. The quantitative estimate of drug-likeness (QED) is 0.915. The van der Waals surface area contributed by atoms with Crippen LogP contribution >= 0.6 is 11.6 Å². The lowest BCUT2D eigenvalue weighted by Gasteiger charge is -2.34. The summed E-state index contributed by atoms with van der Waals surface area (Å²) in [6, 6.07) is 15.0. The maximum absolute atomic E-state index is 5.97. The molecule has 0 spiro atoms. The largest absolute Gasteiger partial charge is 0.360 e. The number of anilines is 1. The highest BCUT2D eigenvalue weighted by Crippen LogP contribution is 2.18. The molecule has 2 aromatic rings. The van der Waals surface area contributed by atoms with Crippen LogP contribution < -0.4 is 9.80 Å². The zero-order chi connectivity index (χ0) is 15.5. The standard InChI is InChI=1S/C19H23ClN2/c1-15-3-4-17(16(2)13-15)14-21-9-11-22(12-10-21)19-7-5-18(20)6-8-19/h3-8,13H,9-12,14H2,1-2H3/p+1. The number of halogens is 1. The monoisotopic (exact) mass is 315 g/mol. The Kier molecular flexibility index (Phi) is 4.70. The summed E-state index contributed by atoms with van der Waals surface area (Å²) < 4.78 is 0. The van der Waals surface area contributed by atoms with E-state index in [1.807, 2.05) is 12.1 Å². The molecule has 1 N–H and O–H groups in total. The second kappa shape index (κ2) is 6.72. The minimum Gasteiger partial charge on any atom is -0.360 e. The molecule has 0 saturated carbocycles. The van der Waals surface area contributed by atoms with E-state index in [0.29, 0.717) is 0 Å². The Labute approximate surface area is 138 Å². The number of benzene rings is 2. The lowest BCUT2D eigenvalue weighted by atomic mass is 10.1. The summed E-state index contributed by atoms with van der Waals surface area (Å²) in [7, 11) is 0. The van der Waals surface area contributed by atoms with Crippen LogP contribution in [0.25, 0.3) is 0 Å². The van der Waals surface area contributed by atoms with E-state index in [4.69, 9.17) is 11.6 Å². The number of nitrogens with zero attached hydrogens (tertiary/aromatic N) is 1. The van der Waals surface area contributed by atoms with Gasteiger partial charge in [-0.15, -0.1) is 0 Å². The van der Waals surface area contributed by atoms with Crippen LogP contribution in [0.15, 0.2) is 42.5 Å². The van der Waals surface area contributed by atoms with E-state index in [9.17, 15) is 0 Å². The molecule has 1 fully saturated rings. The lowest BCUT2D eigenvalue weighted by molar-refractivity contribution is -0.914.